The number of carbonyl (C=O) groups is 2. The highest BCUT2D eigenvalue weighted by Crippen LogP contribution is 2.55. The summed E-state index contributed by atoms with van der Waals surface area (Å²) in [4.78, 5) is 29.6. The lowest BCUT2D eigenvalue weighted by molar-refractivity contribution is -0.122. The summed E-state index contributed by atoms with van der Waals surface area (Å²) in [7, 11) is 0. The van der Waals surface area contributed by atoms with Gasteiger partial charge >= 0.3 is 0 Å². The van der Waals surface area contributed by atoms with E-state index in [9.17, 15) is 9.59 Å². The van der Waals surface area contributed by atoms with Gasteiger partial charge in [-0.15, -0.1) is 0 Å². The van der Waals surface area contributed by atoms with E-state index < -0.39 is 0 Å². The minimum absolute atomic E-state index is 0.0241. The standard InChI is InChI=1S/C33H39N3O2/c1-20-4-2-3-5-28(20)32(38)34-27-9-6-24(7-10-27)30-16-26-15-25(8-11-29(26)35-30)31(37)36-33-17-21-12-22(18-33)14-23(13-21)19-33/h6-11,15-16,20-23,28,35H,2-5,12-14,17-19H2,1H3,(H,34,38)(H,36,37). The van der Waals surface area contributed by atoms with Gasteiger partial charge in [-0.25, -0.2) is 0 Å². The second-order valence-corrected chi connectivity index (χ2v) is 13.1. The highest BCUT2D eigenvalue weighted by atomic mass is 16.2. The van der Waals surface area contributed by atoms with Crippen molar-refractivity contribution in [3.8, 4) is 11.3 Å². The Labute approximate surface area is 225 Å². The highest BCUT2D eigenvalue weighted by molar-refractivity contribution is 5.99. The van der Waals surface area contributed by atoms with Crippen LogP contribution in [-0.2, 0) is 4.79 Å². The third-order valence-corrected chi connectivity index (χ3v) is 10.2. The van der Waals surface area contributed by atoms with Gasteiger partial charge in [0.05, 0.1) is 0 Å². The van der Waals surface area contributed by atoms with E-state index in [1.54, 1.807) is 0 Å². The zero-order valence-corrected chi connectivity index (χ0v) is 22.4. The number of rotatable bonds is 5. The van der Waals surface area contributed by atoms with Gasteiger partial charge in [-0.2, -0.15) is 0 Å². The fraction of sp³-hybridized carbons (Fsp3) is 0.515. The molecule has 5 aliphatic rings. The first-order valence-electron chi connectivity index (χ1n) is 14.8. The van der Waals surface area contributed by atoms with E-state index in [-0.39, 0.29) is 23.3 Å². The number of carbonyl (C=O) groups excluding carboxylic acids is 2. The van der Waals surface area contributed by atoms with Crippen molar-refractivity contribution in [2.24, 2.45) is 29.6 Å². The fourth-order valence-electron chi connectivity index (χ4n) is 8.68. The number of amides is 2. The molecule has 2 unspecified atom stereocenters. The summed E-state index contributed by atoms with van der Waals surface area (Å²) < 4.78 is 0. The van der Waals surface area contributed by atoms with E-state index in [1.807, 2.05) is 42.5 Å². The maximum atomic E-state index is 13.4. The zero-order valence-electron chi connectivity index (χ0n) is 22.4. The maximum Gasteiger partial charge on any atom is 0.251 e. The summed E-state index contributed by atoms with van der Waals surface area (Å²) in [6.45, 7) is 2.20. The van der Waals surface area contributed by atoms with Gasteiger partial charge in [0.2, 0.25) is 5.91 Å². The molecule has 0 radical (unpaired) electrons. The molecule has 2 amide bonds. The Bertz CT molecular complexity index is 1340. The number of anilines is 1. The predicted octanol–water partition coefficient (Wildman–Crippen LogP) is 7.30. The second-order valence-electron chi connectivity index (χ2n) is 13.1. The van der Waals surface area contributed by atoms with E-state index >= 15 is 0 Å². The first kappa shape index (κ1) is 24.0. The molecule has 2 aromatic carbocycles. The normalized spacial score (nSPS) is 31.9. The molecule has 5 nitrogen and oxygen atoms in total. The lowest BCUT2D eigenvalue weighted by Crippen LogP contribution is -2.59. The molecular weight excluding hydrogens is 470 g/mol. The van der Waals surface area contributed by atoms with Crippen LogP contribution in [0.3, 0.4) is 0 Å². The summed E-state index contributed by atoms with van der Waals surface area (Å²) >= 11 is 0. The number of hydrogen-bond acceptors (Lipinski definition) is 2. The molecule has 5 heteroatoms. The number of hydrogen-bond donors (Lipinski definition) is 3. The lowest BCUT2D eigenvalue weighted by Gasteiger charge is -2.56. The first-order valence-corrected chi connectivity index (χ1v) is 14.8. The van der Waals surface area contributed by atoms with E-state index in [1.165, 1.54) is 44.9 Å². The van der Waals surface area contributed by atoms with Crippen LogP contribution in [0.15, 0.2) is 48.5 Å². The van der Waals surface area contributed by atoms with Gasteiger partial charge in [0.15, 0.2) is 0 Å². The van der Waals surface area contributed by atoms with E-state index in [2.05, 4.69) is 28.6 Å². The lowest BCUT2D eigenvalue weighted by atomic mass is 9.53. The van der Waals surface area contributed by atoms with Crippen LogP contribution in [-0.4, -0.2) is 22.3 Å². The number of aromatic amines is 1. The van der Waals surface area contributed by atoms with Crippen LogP contribution >= 0.6 is 0 Å². The number of nitrogens with one attached hydrogen (secondary N) is 3. The Hall–Kier alpha value is -3.08. The Morgan fingerprint density at radius 1 is 0.868 bits per heavy atom. The number of fused-ring (bicyclic) bond motifs is 1. The molecule has 2 atom stereocenters. The SMILES string of the molecule is CC1CCCCC1C(=O)Nc1ccc(-c2cc3cc(C(=O)NC45CC6CC(CC(C6)C4)C5)ccc3[nH]2)cc1. The van der Waals surface area contributed by atoms with Crippen LogP contribution in [0.4, 0.5) is 5.69 Å². The fourth-order valence-corrected chi connectivity index (χ4v) is 8.68. The van der Waals surface area contributed by atoms with Crippen molar-refractivity contribution in [1.82, 2.24) is 10.3 Å². The minimum Gasteiger partial charge on any atom is -0.355 e. The smallest absolute Gasteiger partial charge is 0.251 e. The van der Waals surface area contributed by atoms with Crippen molar-refractivity contribution in [2.45, 2.75) is 76.7 Å². The number of H-pyrrole nitrogens is 1. The van der Waals surface area contributed by atoms with Crippen molar-refractivity contribution >= 4 is 28.4 Å². The molecular formula is C33H39N3O2. The topological polar surface area (TPSA) is 74.0 Å². The van der Waals surface area contributed by atoms with Crippen molar-refractivity contribution < 1.29 is 9.59 Å². The summed E-state index contributed by atoms with van der Waals surface area (Å²) in [5, 5.41) is 7.68. The van der Waals surface area contributed by atoms with Crippen LogP contribution in [0.25, 0.3) is 22.2 Å². The van der Waals surface area contributed by atoms with Gasteiger partial charge in [0, 0.05) is 39.3 Å². The molecule has 5 fully saturated rings. The molecule has 198 valence electrons. The van der Waals surface area contributed by atoms with Gasteiger partial charge in [0.1, 0.15) is 0 Å². The van der Waals surface area contributed by atoms with Crippen molar-refractivity contribution in [1.29, 1.82) is 0 Å². The van der Waals surface area contributed by atoms with E-state index in [0.29, 0.717) is 5.92 Å². The summed E-state index contributed by atoms with van der Waals surface area (Å²) in [6.07, 6.45) is 12.1. The number of benzene rings is 2. The zero-order chi connectivity index (χ0) is 25.9. The molecule has 5 aliphatic carbocycles. The second kappa shape index (κ2) is 9.29. The summed E-state index contributed by atoms with van der Waals surface area (Å²) in [6, 6.07) is 16.2. The van der Waals surface area contributed by atoms with E-state index in [4.69, 9.17) is 0 Å². The van der Waals surface area contributed by atoms with Crippen LogP contribution < -0.4 is 10.6 Å². The van der Waals surface area contributed by atoms with E-state index in [0.717, 1.165) is 70.4 Å². The van der Waals surface area contributed by atoms with Gasteiger partial charge in [-0.3, -0.25) is 9.59 Å². The molecule has 5 saturated carbocycles. The molecule has 0 aliphatic heterocycles. The van der Waals surface area contributed by atoms with Gasteiger partial charge in [-0.1, -0.05) is 31.9 Å². The molecule has 0 saturated heterocycles. The van der Waals surface area contributed by atoms with Crippen LogP contribution in [0.1, 0.15) is 81.5 Å². The predicted molar refractivity (Wildman–Crippen MR) is 152 cm³/mol. The molecule has 38 heavy (non-hydrogen) atoms. The van der Waals surface area contributed by atoms with Gasteiger partial charge < -0.3 is 15.6 Å². The van der Waals surface area contributed by atoms with Crippen LogP contribution in [0.5, 0.6) is 0 Å². The quantitative estimate of drug-likeness (QED) is 0.338. The van der Waals surface area contributed by atoms with Crippen molar-refractivity contribution in [3.05, 3.63) is 54.1 Å². The highest BCUT2D eigenvalue weighted by Gasteiger charge is 2.51. The Morgan fingerprint density at radius 2 is 1.55 bits per heavy atom. The molecule has 1 heterocycles. The maximum absolute atomic E-state index is 13.4. The summed E-state index contributed by atoms with van der Waals surface area (Å²) in [5.41, 5.74) is 4.71. The Balaban J connectivity index is 1.04. The van der Waals surface area contributed by atoms with Crippen LogP contribution in [0.2, 0.25) is 0 Å². The van der Waals surface area contributed by atoms with Crippen molar-refractivity contribution in [2.75, 3.05) is 5.32 Å². The Morgan fingerprint density at radius 3 is 2.24 bits per heavy atom. The molecule has 3 N–H and O–H groups in total. The molecule has 3 aromatic rings. The Kier molecular flexibility index (Phi) is 5.86. The van der Waals surface area contributed by atoms with Crippen LogP contribution in [0, 0.1) is 29.6 Å². The third kappa shape index (κ3) is 4.44. The van der Waals surface area contributed by atoms with Crippen molar-refractivity contribution in [3.63, 3.8) is 0 Å². The molecule has 8 rings (SSSR count). The average Bonchev–Trinajstić information content (AvgIpc) is 3.32. The summed E-state index contributed by atoms with van der Waals surface area (Å²) in [5.74, 6) is 3.23. The monoisotopic (exact) mass is 509 g/mol. The molecule has 0 spiro atoms. The first-order chi connectivity index (χ1) is 18.4. The number of aromatic nitrogens is 1. The largest absolute Gasteiger partial charge is 0.355 e. The average molecular weight is 510 g/mol. The molecule has 1 aromatic heterocycles. The molecule has 4 bridgehead atoms. The third-order valence-electron chi connectivity index (χ3n) is 10.2. The minimum atomic E-state index is 0.0241. The van der Waals surface area contributed by atoms with Gasteiger partial charge in [0.25, 0.3) is 5.91 Å². The van der Waals surface area contributed by atoms with Gasteiger partial charge in [-0.05, 0) is 117 Å².